The predicted molar refractivity (Wildman–Crippen MR) is 94.7 cm³/mol. The van der Waals surface area contributed by atoms with Crippen LogP contribution in [-0.4, -0.2) is 75.9 Å². The molecule has 1 atom stereocenters. The number of rotatable bonds is 6. The molecule has 0 aromatic carbocycles. The summed E-state index contributed by atoms with van der Waals surface area (Å²) in [4.78, 5) is 17.0. The fourth-order valence-corrected chi connectivity index (χ4v) is 4.39. The molecule has 0 radical (unpaired) electrons. The van der Waals surface area contributed by atoms with E-state index in [1.807, 2.05) is 17.9 Å². The summed E-state index contributed by atoms with van der Waals surface area (Å²) in [5.41, 5.74) is 0.250. The highest BCUT2D eigenvalue weighted by Gasteiger charge is 2.48. The van der Waals surface area contributed by atoms with Crippen molar-refractivity contribution in [2.24, 2.45) is 11.3 Å². The first-order valence-corrected chi connectivity index (χ1v) is 9.14. The lowest BCUT2D eigenvalue weighted by Crippen LogP contribution is -2.47. The average molecular weight is 350 g/mol. The van der Waals surface area contributed by atoms with Crippen LogP contribution in [0.3, 0.4) is 0 Å². The van der Waals surface area contributed by atoms with Gasteiger partial charge >= 0.3 is 0 Å². The molecular weight excluding hydrogens is 320 g/mol. The molecule has 1 amide bonds. The Hall–Kier alpha value is -1.37. The van der Waals surface area contributed by atoms with Crippen molar-refractivity contribution in [1.82, 2.24) is 9.80 Å². The Bertz CT molecular complexity index is 578. The quantitative estimate of drug-likeness (QED) is 0.786. The first kappa shape index (κ1) is 18.4. The Balaban J connectivity index is 1.63. The third kappa shape index (κ3) is 3.91. The normalized spacial score (nSPS) is 23.5. The largest absolute Gasteiger partial charge is 0.456 e. The maximum Gasteiger partial charge on any atom is 0.289 e. The van der Waals surface area contributed by atoms with Crippen LogP contribution >= 0.6 is 0 Å². The third-order valence-electron chi connectivity index (χ3n) is 5.86. The van der Waals surface area contributed by atoms with Crippen LogP contribution in [-0.2, 0) is 9.47 Å². The van der Waals surface area contributed by atoms with Crippen molar-refractivity contribution in [3.8, 4) is 0 Å². The second-order valence-corrected chi connectivity index (χ2v) is 7.45. The second-order valence-electron chi connectivity index (χ2n) is 7.45. The highest BCUT2D eigenvalue weighted by atomic mass is 16.5. The van der Waals surface area contributed by atoms with Gasteiger partial charge in [0, 0.05) is 52.9 Å². The maximum atomic E-state index is 12.6. The minimum absolute atomic E-state index is 0.0143. The molecule has 0 bridgehead atoms. The number of carbonyl (C=O) groups is 1. The summed E-state index contributed by atoms with van der Waals surface area (Å²) in [6.07, 6.45) is 2.05. The van der Waals surface area contributed by atoms with Crippen LogP contribution in [0, 0.1) is 18.3 Å². The van der Waals surface area contributed by atoms with Gasteiger partial charge < -0.3 is 23.7 Å². The molecule has 0 aliphatic carbocycles. The lowest BCUT2D eigenvalue weighted by Gasteiger charge is -2.42. The van der Waals surface area contributed by atoms with Crippen LogP contribution in [0.25, 0.3) is 0 Å². The first-order valence-electron chi connectivity index (χ1n) is 9.14. The lowest BCUT2D eigenvalue weighted by atomic mass is 9.71. The number of piperidine rings is 1. The fourth-order valence-electron chi connectivity index (χ4n) is 4.39. The topological polar surface area (TPSA) is 55.2 Å². The molecule has 2 fully saturated rings. The van der Waals surface area contributed by atoms with Gasteiger partial charge in [0.1, 0.15) is 5.76 Å². The van der Waals surface area contributed by atoms with Crippen molar-refractivity contribution in [3.63, 3.8) is 0 Å². The molecule has 3 rings (SSSR count). The molecule has 2 saturated heterocycles. The smallest absolute Gasteiger partial charge is 0.289 e. The van der Waals surface area contributed by atoms with Crippen LogP contribution in [0.5, 0.6) is 0 Å². The molecular formula is C19H30N2O4. The van der Waals surface area contributed by atoms with Crippen LogP contribution in [0.2, 0.25) is 0 Å². The van der Waals surface area contributed by atoms with Gasteiger partial charge in [-0.1, -0.05) is 0 Å². The van der Waals surface area contributed by atoms with Crippen molar-refractivity contribution >= 4 is 5.91 Å². The number of aryl methyl sites for hydroxylation is 1. The molecule has 1 spiro atoms. The summed E-state index contributed by atoms with van der Waals surface area (Å²) in [6.45, 7) is 8.09. The van der Waals surface area contributed by atoms with Crippen molar-refractivity contribution in [1.29, 1.82) is 0 Å². The van der Waals surface area contributed by atoms with Crippen molar-refractivity contribution in [3.05, 3.63) is 23.7 Å². The maximum absolute atomic E-state index is 12.6. The number of methoxy groups -OCH3 is 2. The molecule has 6 nitrogen and oxygen atoms in total. The molecule has 1 aromatic heterocycles. The minimum atomic E-state index is 0.0143. The summed E-state index contributed by atoms with van der Waals surface area (Å²) in [6, 6.07) is 3.62. The summed E-state index contributed by atoms with van der Waals surface area (Å²) < 4.78 is 16.2. The zero-order valence-electron chi connectivity index (χ0n) is 15.6. The van der Waals surface area contributed by atoms with Crippen molar-refractivity contribution in [2.75, 3.05) is 60.2 Å². The summed E-state index contributed by atoms with van der Waals surface area (Å²) in [5.74, 6) is 1.77. The molecule has 6 heteroatoms. The van der Waals surface area contributed by atoms with E-state index in [1.54, 1.807) is 20.3 Å². The number of carbonyl (C=O) groups excluding carboxylic acids is 1. The zero-order valence-corrected chi connectivity index (χ0v) is 15.6. The molecule has 25 heavy (non-hydrogen) atoms. The molecule has 1 aromatic rings. The Morgan fingerprint density at radius 3 is 2.64 bits per heavy atom. The molecule has 2 aliphatic heterocycles. The van der Waals surface area contributed by atoms with Gasteiger partial charge in [-0.05, 0) is 37.3 Å². The molecule has 3 heterocycles. The second kappa shape index (κ2) is 7.89. The van der Waals surface area contributed by atoms with Gasteiger partial charge in [-0.2, -0.15) is 0 Å². The van der Waals surface area contributed by atoms with Crippen molar-refractivity contribution in [2.45, 2.75) is 19.8 Å². The van der Waals surface area contributed by atoms with E-state index >= 15 is 0 Å². The molecule has 0 unspecified atom stereocenters. The van der Waals surface area contributed by atoms with E-state index in [0.29, 0.717) is 11.7 Å². The van der Waals surface area contributed by atoms with Crippen molar-refractivity contribution < 1.29 is 18.7 Å². The molecule has 0 N–H and O–H groups in total. The monoisotopic (exact) mass is 350 g/mol. The number of nitrogens with zero attached hydrogens (tertiary/aromatic N) is 2. The van der Waals surface area contributed by atoms with Gasteiger partial charge in [-0.3, -0.25) is 4.79 Å². The zero-order chi connectivity index (χ0) is 17.9. The fraction of sp³-hybridized carbons (Fsp3) is 0.737. The summed E-state index contributed by atoms with van der Waals surface area (Å²) >= 11 is 0. The van der Waals surface area contributed by atoms with Crippen LogP contribution in [0.15, 0.2) is 16.5 Å². The number of likely N-dealkylation sites (tertiary alicyclic amines) is 2. The van der Waals surface area contributed by atoms with Gasteiger partial charge in [-0.25, -0.2) is 0 Å². The number of hydrogen-bond acceptors (Lipinski definition) is 5. The SMILES string of the molecule is COCCN1C[C@@H](COC)C2(CCN(C(=O)c3ccc(C)o3)CC2)C1. The van der Waals surface area contributed by atoms with E-state index in [9.17, 15) is 4.79 Å². The van der Waals surface area contributed by atoms with E-state index in [0.717, 1.165) is 64.5 Å². The Labute approximate surface area is 150 Å². The van der Waals surface area contributed by atoms with Crippen LogP contribution in [0.4, 0.5) is 0 Å². The van der Waals surface area contributed by atoms with Gasteiger partial charge in [0.15, 0.2) is 5.76 Å². The summed E-state index contributed by atoms with van der Waals surface area (Å²) in [5, 5.41) is 0. The van der Waals surface area contributed by atoms with Crippen LogP contribution < -0.4 is 0 Å². The standard InChI is InChI=1S/C19H30N2O4/c1-15-4-5-17(25-15)18(22)21-8-6-19(7-9-21)14-20(10-11-23-2)12-16(19)13-24-3/h4-5,16H,6-14H2,1-3H3/t16-/m0/s1. The van der Waals surface area contributed by atoms with E-state index in [2.05, 4.69) is 4.90 Å². The van der Waals surface area contributed by atoms with Gasteiger partial charge in [0.2, 0.25) is 0 Å². The minimum Gasteiger partial charge on any atom is -0.456 e. The highest BCUT2D eigenvalue weighted by Crippen LogP contribution is 2.44. The van der Waals surface area contributed by atoms with Gasteiger partial charge in [-0.15, -0.1) is 0 Å². The van der Waals surface area contributed by atoms with E-state index in [1.165, 1.54) is 0 Å². The molecule has 2 aliphatic rings. The van der Waals surface area contributed by atoms with E-state index in [-0.39, 0.29) is 11.3 Å². The number of hydrogen-bond donors (Lipinski definition) is 0. The summed E-state index contributed by atoms with van der Waals surface area (Å²) in [7, 11) is 3.53. The van der Waals surface area contributed by atoms with Gasteiger partial charge in [0.05, 0.1) is 13.2 Å². The number of furan rings is 1. The Morgan fingerprint density at radius 2 is 2.04 bits per heavy atom. The average Bonchev–Trinajstić information content (AvgIpc) is 3.18. The Morgan fingerprint density at radius 1 is 1.28 bits per heavy atom. The van der Waals surface area contributed by atoms with Gasteiger partial charge in [0.25, 0.3) is 5.91 Å². The van der Waals surface area contributed by atoms with Crippen LogP contribution in [0.1, 0.15) is 29.2 Å². The van der Waals surface area contributed by atoms with E-state index in [4.69, 9.17) is 13.9 Å². The molecule has 0 saturated carbocycles. The molecule has 140 valence electrons. The first-order chi connectivity index (χ1) is 12.1. The Kier molecular flexibility index (Phi) is 5.81. The predicted octanol–water partition coefficient (Wildman–Crippen LogP) is 2.04. The van der Waals surface area contributed by atoms with E-state index < -0.39 is 0 Å². The number of ether oxygens (including phenoxy) is 2. The third-order valence-corrected chi connectivity index (χ3v) is 5.86. The lowest BCUT2D eigenvalue weighted by molar-refractivity contribution is 0.0304. The highest BCUT2D eigenvalue weighted by molar-refractivity contribution is 5.91. The number of amides is 1.